The summed E-state index contributed by atoms with van der Waals surface area (Å²) >= 11 is 0. The van der Waals surface area contributed by atoms with Crippen LogP contribution in [0.5, 0.6) is 0 Å². The number of benzene rings is 2. The zero-order chi connectivity index (χ0) is 23.8. The summed E-state index contributed by atoms with van der Waals surface area (Å²) in [6, 6.07) is 11.6. The summed E-state index contributed by atoms with van der Waals surface area (Å²) in [7, 11) is 0. The molecule has 2 aromatic carbocycles. The Labute approximate surface area is 196 Å². The van der Waals surface area contributed by atoms with Gasteiger partial charge in [-0.1, -0.05) is 34.6 Å². The number of nitrogens with zero attached hydrogens (tertiary/aromatic N) is 5. The molecule has 1 aliphatic rings. The predicted molar refractivity (Wildman–Crippen MR) is 123 cm³/mol. The van der Waals surface area contributed by atoms with Crippen LogP contribution < -0.4 is 0 Å². The predicted octanol–water partition coefficient (Wildman–Crippen LogP) is 3.55. The summed E-state index contributed by atoms with van der Waals surface area (Å²) in [5, 5.41) is 22.0. The molecule has 1 amide bonds. The number of hydrogen-bond donors (Lipinski definition) is 1. The molecule has 0 radical (unpaired) electrons. The van der Waals surface area contributed by atoms with Gasteiger partial charge in [0.2, 0.25) is 0 Å². The van der Waals surface area contributed by atoms with Gasteiger partial charge in [-0.3, -0.25) is 9.59 Å². The second-order valence-electron chi connectivity index (χ2n) is 8.59. The summed E-state index contributed by atoms with van der Waals surface area (Å²) in [6.45, 7) is 5.73. The third-order valence-corrected chi connectivity index (χ3v) is 6.63. The van der Waals surface area contributed by atoms with Crippen molar-refractivity contribution in [1.82, 2.24) is 25.1 Å². The summed E-state index contributed by atoms with van der Waals surface area (Å²) in [5.41, 5.74) is 6.96. The molecule has 174 valence electrons. The summed E-state index contributed by atoms with van der Waals surface area (Å²) < 4.78 is 6.65. The maximum atomic E-state index is 12.8. The van der Waals surface area contributed by atoms with Crippen molar-refractivity contribution < 1.29 is 19.2 Å². The van der Waals surface area contributed by atoms with Crippen molar-refractivity contribution in [2.45, 2.75) is 45.7 Å². The number of rotatable bonds is 6. The number of carboxylic acids is 1. The molecular formula is C25H25N5O4. The first kappa shape index (κ1) is 21.8. The zero-order valence-corrected chi connectivity index (χ0v) is 19.1. The number of carboxylic acid groups (broad SMARTS) is 1. The molecule has 1 atom stereocenters. The van der Waals surface area contributed by atoms with Gasteiger partial charge >= 0.3 is 5.97 Å². The normalized spacial score (nSPS) is 14.2. The van der Waals surface area contributed by atoms with Gasteiger partial charge in [0.25, 0.3) is 5.91 Å². The largest absolute Gasteiger partial charge is 0.481 e. The smallest absolute Gasteiger partial charge is 0.304 e. The first-order valence-corrected chi connectivity index (χ1v) is 11.3. The Balaban J connectivity index is 1.51. The average molecular weight is 460 g/mol. The molecule has 9 nitrogen and oxygen atoms in total. The van der Waals surface area contributed by atoms with E-state index in [4.69, 9.17) is 4.52 Å². The number of amides is 1. The number of hydrogen-bond acceptors (Lipinski definition) is 6. The molecule has 0 bridgehead atoms. The van der Waals surface area contributed by atoms with Crippen molar-refractivity contribution in [3.8, 4) is 0 Å². The van der Waals surface area contributed by atoms with Crippen molar-refractivity contribution >= 4 is 22.9 Å². The minimum Gasteiger partial charge on any atom is -0.481 e. The van der Waals surface area contributed by atoms with E-state index in [2.05, 4.69) is 21.5 Å². The molecule has 0 fully saturated rings. The second kappa shape index (κ2) is 8.74. The minimum absolute atomic E-state index is 0.0470. The van der Waals surface area contributed by atoms with Gasteiger partial charge in [0.05, 0.1) is 11.9 Å². The SMILES string of the molecule is CCn1nnc2c(C)c(C(CC(=O)O)c3ccc4c(c3)CN(C(=O)c3ccon3)CC4)ccc21. The van der Waals surface area contributed by atoms with Gasteiger partial charge in [0.15, 0.2) is 5.69 Å². The molecule has 1 aliphatic heterocycles. The Bertz CT molecular complexity index is 1380. The number of aromatic nitrogens is 4. The maximum absolute atomic E-state index is 12.8. The highest BCUT2D eigenvalue weighted by atomic mass is 16.5. The molecule has 0 aliphatic carbocycles. The van der Waals surface area contributed by atoms with Crippen molar-refractivity contribution in [2.24, 2.45) is 0 Å². The minimum atomic E-state index is -0.873. The highest BCUT2D eigenvalue weighted by molar-refractivity contribution is 5.92. The Hall–Kier alpha value is -4.01. The third-order valence-electron chi connectivity index (χ3n) is 6.63. The molecule has 2 aromatic heterocycles. The van der Waals surface area contributed by atoms with Crippen molar-refractivity contribution in [2.75, 3.05) is 6.54 Å². The van der Waals surface area contributed by atoms with E-state index >= 15 is 0 Å². The number of carbonyl (C=O) groups excluding carboxylic acids is 1. The highest BCUT2D eigenvalue weighted by Gasteiger charge is 2.26. The lowest BCUT2D eigenvalue weighted by Gasteiger charge is -2.29. The third kappa shape index (κ3) is 3.83. The van der Waals surface area contributed by atoms with Crippen LogP contribution in [0.25, 0.3) is 11.0 Å². The fourth-order valence-electron chi connectivity index (χ4n) is 4.83. The maximum Gasteiger partial charge on any atom is 0.304 e. The molecule has 4 aromatic rings. The summed E-state index contributed by atoms with van der Waals surface area (Å²) in [4.78, 5) is 26.4. The molecule has 3 heterocycles. The van der Waals surface area contributed by atoms with Gasteiger partial charge in [-0.15, -0.1) is 5.10 Å². The standard InChI is InChI=1S/C25H25N5O4/c1-3-30-22-7-6-19(15(2)24(22)26-28-30)20(13-23(31)32)17-5-4-16-8-10-29(14-18(16)12-17)25(33)21-9-11-34-27-21/h4-7,9,11-12,20H,3,8,10,13-14H2,1-2H3,(H,31,32). The quantitative estimate of drug-likeness (QED) is 0.469. The fourth-order valence-corrected chi connectivity index (χ4v) is 4.83. The topological polar surface area (TPSA) is 114 Å². The van der Waals surface area contributed by atoms with Crippen LogP contribution in [0.4, 0.5) is 0 Å². The van der Waals surface area contributed by atoms with Crippen LogP contribution in [0.3, 0.4) is 0 Å². The average Bonchev–Trinajstić information content (AvgIpc) is 3.52. The zero-order valence-electron chi connectivity index (χ0n) is 19.1. The van der Waals surface area contributed by atoms with E-state index in [0.717, 1.165) is 39.7 Å². The molecule has 34 heavy (non-hydrogen) atoms. The number of aliphatic carboxylic acids is 1. The molecule has 9 heteroatoms. The number of carbonyl (C=O) groups is 2. The summed E-state index contributed by atoms with van der Waals surface area (Å²) in [6.07, 6.45) is 2.07. The Morgan fingerprint density at radius 1 is 1.18 bits per heavy atom. The number of fused-ring (bicyclic) bond motifs is 2. The molecule has 1 N–H and O–H groups in total. The lowest BCUT2D eigenvalue weighted by atomic mass is 9.83. The van der Waals surface area contributed by atoms with Crippen LogP contribution in [0.2, 0.25) is 0 Å². The van der Waals surface area contributed by atoms with E-state index in [1.165, 1.54) is 11.8 Å². The Kier molecular flexibility index (Phi) is 5.61. The molecule has 0 saturated carbocycles. The lowest BCUT2D eigenvalue weighted by molar-refractivity contribution is -0.137. The molecule has 0 spiro atoms. The van der Waals surface area contributed by atoms with E-state index in [0.29, 0.717) is 19.6 Å². The van der Waals surface area contributed by atoms with Crippen LogP contribution in [0, 0.1) is 6.92 Å². The van der Waals surface area contributed by atoms with Gasteiger partial charge in [-0.05, 0) is 54.2 Å². The van der Waals surface area contributed by atoms with Gasteiger partial charge in [-0.2, -0.15) is 0 Å². The fraction of sp³-hybridized carbons (Fsp3) is 0.320. The Morgan fingerprint density at radius 2 is 2.03 bits per heavy atom. The van der Waals surface area contributed by atoms with E-state index in [1.54, 1.807) is 11.0 Å². The second-order valence-corrected chi connectivity index (χ2v) is 8.59. The summed E-state index contributed by atoms with van der Waals surface area (Å²) in [5.74, 6) is -1.39. The van der Waals surface area contributed by atoms with Gasteiger partial charge in [-0.25, -0.2) is 4.68 Å². The van der Waals surface area contributed by atoms with Crippen molar-refractivity contribution in [3.63, 3.8) is 0 Å². The van der Waals surface area contributed by atoms with E-state index in [9.17, 15) is 14.7 Å². The Morgan fingerprint density at radius 3 is 2.76 bits per heavy atom. The van der Waals surface area contributed by atoms with Crippen LogP contribution in [0.15, 0.2) is 47.2 Å². The van der Waals surface area contributed by atoms with Crippen LogP contribution in [-0.4, -0.2) is 48.6 Å². The van der Waals surface area contributed by atoms with Crippen molar-refractivity contribution in [1.29, 1.82) is 0 Å². The van der Waals surface area contributed by atoms with Crippen molar-refractivity contribution in [3.05, 3.63) is 76.2 Å². The van der Waals surface area contributed by atoms with Gasteiger partial charge in [0.1, 0.15) is 11.8 Å². The van der Waals surface area contributed by atoms with Gasteiger partial charge in [0, 0.05) is 31.6 Å². The van der Waals surface area contributed by atoms with Crippen LogP contribution in [0.1, 0.15) is 57.6 Å². The van der Waals surface area contributed by atoms with Crippen LogP contribution in [-0.2, 0) is 24.3 Å². The highest BCUT2D eigenvalue weighted by Crippen LogP contribution is 2.35. The lowest BCUT2D eigenvalue weighted by Crippen LogP contribution is -2.36. The molecule has 0 saturated heterocycles. The number of aryl methyl sites for hydroxylation is 2. The van der Waals surface area contributed by atoms with E-state index in [-0.39, 0.29) is 23.9 Å². The first-order chi connectivity index (χ1) is 16.5. The van der Waals surface area contributed by atoms with E-state index in [1.807, 2.05) is 42.8 Å². The van der Waals surface area contributed by atoms with Gasteiger partial charge < -0.3 is 14.5 Å². The molecule has 5 rings (SSSR count). The molecular weight excluding hydrogens is 434 g/mol. The monoisotopic (exact) mass is 459 g/mol. The first-order valence-electron chi connectivity index (χ1n) is 11.3. The van der Waals surface area contributed by atoms with E-state index < -0.39 is 5.97 Å². The van der Waals surface area contributed by atoms with Crippen LogP contribution >= 0.6 is 0 Å². The molecule has 1 unspecified atom stereocenters.